The van der Waals surface area contributed by atoms with Gasteiger partial charge in [0, 0.05) is 44.6 Å². The second-order valence-corrected chi connectivity index (χ2v) is 6.12. The van der Waals surface area contributed by atoms with Crippen molar-refractivity contribution >= 4 is 5.91 Å². The molecule has 2 fully saturated rings. The summed E-state index contributed by atoms with van der Waals surface area (Å²) in [5.41, 5.74) is 0. The summed E-state index contributed by atoms with van der Waals surface area (Å²) in [7, 11) is 1.92. The monoisotopic (exact) mass is 276 g/mol. The average Bonchev–Trinajstić information content (AvgIpc) is 3.12. The molecule has 0 bridgehead atoms. The van der Waals surface area contributed by atoms with E-state index >= 15 is 0 Å². The summed E-state index contributed by atoms with van der Waals surface area (Å²) in [5, 5.41) is 3.16. The second-order valence-electron chi connectivity index (χ2n) is 6.12. The molecule has 0 spiro atoms. The van der Waals surface area contributed by atoms with Gasteiger partial charge < -0.3 is 9.88 Å². The van der Waals surface area contributed by atoms with Gasteiger partial charge in [0.15, 0.2) is 0 Å². The van der Waals surface area contributed by atoms with Crippen LogP contribution in [-0.4, -0.2) is 45.5 Å². The summed E-state index contributed by atoms with van der Waals surface area (Å²) in [6.07, 6.45) is 10.5. The second kappa shape index (κ2) is 5.95. The van der Waals surface area contributed by atoms with Gasteiger partial charge >= 0.3 is 0 Å². The van der Waals surface area contributed by atoms with Crippen molar-refractivity contribution in [3.05, 3.63) is 18.2 Å². The number of amides is 1. The Bertz CT molecular complexity index is 464. The first-order valence-corrected chi connectivity index (χ1v) is 7.72. The molecule has 2 heterocycles. The molecule has 1 aromatic heterocycles. The maximum absolute atomic E-state index is 12.1. The number of nitrogens with zero attached hydrogens (tertiary/aromatic N) is 3. The van der Waals surface area contributed by atoms with Crippen molar-refractivity contribution in [1.82, 2.24) is 19.8 Å². The molecule has 3 rings (SSSR count). The lowest BCUT2D eigenvalue weighted by Gasteiger charge is -2.23. The number of hydrogen-bond donors (Lipinski definition) is 1. The molecule has 20 heavy (non-hydrogen) atoms. The van der Waals surface area contributed by atoms with Gasteiger partial charge in [-0.25, -0.2) is 4.98 Å². The van der Waals surface area contributed by atoms with Crippen molar-refractivity contribution in [3.8, 4) is 0 Å². The lowest BCUT2D eigenvalue weighted by Crippen LogP contribution is -2.40. The van der Waals surface area contributed by atoms with Crippen LogP contribution in [0.3, 0.4) is 0 Å². The third kappa shape index (κ3) is 3.03. The Labute approximate surface area is 120 Å². The SMILES string of the molecule is Cn1ccnc1CC(=O)NC1CCN(C2CCCC2)C1. The Kier molecular flexibility index (Phi) is 4.05. The normalized spacial score (nSPS) is 24.4. The standard InChI is InChI=1S/C15H24N4O/c1-18-9-7-16-14(18)10-15(20)17-12-6-8-19(11-12)13-4-2-3-5-13/h7,9,12-13H,2-6,8,10-11H2,1H3,(H,17,20). The van der Waals surface area contributed by atoms with Crippen LogP contribution in [0.5, 0.6) is 0 Å². The summed E-state index contributed by atoms with van der Waals surface area (Å²) < 4.78 is 1.90. The summed E-state index contributed by atoms with van der Waals surface area (Å²) in [4.78, 5) is 18.8. The zero-order valence-electron chi connectivity index (χ0n) is 12.2. The third-order valence-electron chi connectivity index (χ3n) is 4.67. The highest BCUT2D eigenvalue weighted by atomic mass is 16.1. The van der Waals surface area contributed by atoms with Crippen molar-refractivity contribution in [1.29, 1.82) is 0 Å². The number of rotatable bonds is 4. The van der Waals surface area contributed by atoms with Gasteiger partial charge in [-0.1, -0.05) is 12.8 Å². The van der Waals surface area contributed by atoms with E-state index in [0.717, 1.165) is 31.4 Å². The van der Waals surface area contributed by atoms with Crippen LogP contribution in [0.15, 0.2) is 12.4 Å². The fourth-order valence-electron chi connectivity index (χ4n) is 3.50. The Morgan fingerprint density at radius 2 is 2.20 bits per heavy atom. The van der Waals surface area contributed by atoms with Gasteiger partial charge in [-0.05, 0) is 19.3 Å². The molecule has 1 amide bonds. The lowest BCUT2D eigenvalue weighted by molar-refractivity contribution is -0.121. The molecule has 0 aromatic carbocycles. The number of imidazole rings is 1. The van der Waals surface area contributed by atoms with Gasteiger partial charge in [0.05, 0.1) is 6.42 Å². The van der Waals surface area contributed by atoms with Gasteiger partial charge in [0.1, 0.15) is 5.82 Å². The van der Waals surface area contributed by atoms with Gasteiger partial charge in [0.2, 0.25) is 5.91 Å². The van der Waals surface area contributed by atoms with E-state index in [1.807, 2.05) is 17.8 Å². The molecule has 1 saturated carbocycles. The molecule has 110 valence electrons. The number of aryl methyl sites for hydroxylation is 1. The largest absolute Gasteiger partial charge is 0.352 e. The van der Waals surface area contributed by atoms with E-state index in [9.17, 15) is 4.79 Å². The van der Waals surface area contributed by atoms with Crippen LogP contribution < -0.4 is 5.32 Å². The minimum Gasteiger partial charge on any atom is -0.352 e. The van der Waals surface area contributed by atoms with E-state index in [1.54, 1.807) is 6.20 Å². The molecule has 0 radical (unpaired) electrons. The molecule has 5 heteroatoms. The van der Waals surface area contributed by atoms with Crippen molar-refractivity contribution in [3.63, 3.8) is 0 Å². The third-order valence-corrected chi connectivity index (χ3v) is 4.67. The fraction of sp³-hybridized carbons (Fsp3) is 0.733. The molecule has 1 N–H and O–H groups in total. The highest BCUT2D eigenvalue weighted by Crippen LogP contribution is 2.26. The molecule has 1 aromatic rings. The Morgan fingerprint density at radius 3 is 2.90 bits per heavy atom. The highest BCUT2D eigenvalue weighted by Gasteiger charge is 2.30. The topological polar surface area (TPSA) is 50.2 Å². The maximum atomic E-state index is 12.1. The smallest absolute Gasteiger partial charge is 0.227 e. The molecule has 5 nitrogen and oxygen atoms in total. The molecular formula is C15H24N4O. The first kappa shape index (κ1) is 13.6. The van der Waals surface area contributed by atoms with Crippen molar-refractivity contribution in [2.75, 3.05) is 13.1 Å². The van der Waals surface area contributed by atoms with Crippen LogP contribution in [0, 0.1) is 0 Å². The predicted molar refractivity (Wildman–Crippen MR) is 77.3 cm³/mol. The van der Waals surface area contributed by atoms with E-state index in [1.165, 1.54) is 25.7 Å². The van der Waals surface area contributed by atoms with Gasteiger partial charge in [-0.15, -0.1) is 0 Å². The van der Waals surface area contributed by atoms with Crippen molar-refractivity contribution in [2.24, 2.45) is 7.05 Å². The number of carbonyl (C=O) groups excluding carboxylic acids is 1. The van der Waals surface area contributed by atoms with E-state index in [4.69, 9.17) is 0 Å². The molecule has 1 unspecified atom stereocenters. The molecule has 2 aliphatic rings. The van der Waals surface area contributed by atoms with Gasteiger partial charge in [0.25, 0.3) is 0 Å². The predicted octanol–water partition coefficient (Wildman–Crippen LogP) is 1.10. The lowest BCUT2D eigenvalue weighted by atomic mass is 10.2. The van der Waals surface area contributed by atoms with Crippen LogP contribution in [-0.2, 0) is 18.3 Å². The van der Waals surface area contributed by atoms with E-state index in [0.29, 0.717) is 12.5 Å². The quantitative estimate of drug-likeness (QED) is 0.896. The number of carbonyl (C=O) groups is 1. The summed E-state index contributed by atoms with van der Waals surface area (Å²) >= 11 is 0. The average molecular weight is 276 g/mol. The Hall–Kier alpha value is -1.36. The molecule has 1 aliphatic heterocycles. The van der Waals surface area contributed by atoms with Crippen LogP contribution >= 0.6 is 0 Å². The highest BCUT2D eigenvalue weighted by molar-refractivity contribution is 5.78. The molecule has 1 aliphatic carbocycles. The van der Waals surface area contributed by atoms with Gasteiger partial charge in [-0.2, -0.15) is 0 Å². The first-order chi connectivity index (χ1) is 9.72. The number of aromatic nitrogens is 2. The first-order valence-electron chi connectivity index (χ1n) is 7.72. The van der Waals surface area contributed by atoms with Crippen LogP contribution in [0.2, 0.25) is 0 Å². The zero-order chi connectivity index (χ0) is 13.9. The molecule has 1 saturated heterocycles. The minimum atomic E-state index is 0.0950. The maximum Gasteiger partial charge on any atom is 0.227 e. The van der Waals surface area contributed by atoms with Crippen molar-refractivity contribution in [2.45, 2.75) is 50.6 Å². The summed E-state index contributed by atoms with van der Waals surface area (Å²) in [5.74, 6) is 0.922. The van der Waals surface area contributed by atoms with Crippen LogP contribution in [0.1, 0.15) is 37.9 Å². The summed E-state index contributed by atoms with van der Waals surface area (Å²) in [6, 6.07) is 1.09. The summed E-state index contributed by atoms with van der Waals surface area (Å²) in [6.45, 7) is 2.16. The number of hydrogen-bond acceptors (Lipinski definition) is 3. The number of nitrogens with one attached hydrogen (secondary N) is 1. The Balaban J connectivity index is 1.46. The fourth-order valence-corrected chi connectivity index (χ4v) is 3.50. The van der Waals surface area contributed by atoms with Crippen LogP contribution in [0.4, 0.5) is 0 Å². The number of likely N-dealkylation sites (tertiary alicyclic amines) is 1. The Morgan fingerprint density at radius 1 is 1.40 bits per heavy atom. The van der Waals surface area contributed by atoms with E-state index < -0.39 is 0 Å². The molecular weight excluding hydrogens is 252 g/mol. The molecule has 1 atom stereocenters. The van der Waals surface area contributed by atoms with Crippen LogP contribution in [0.25, 0.3) is 0 Å². The van der Waals surface area contributed by atoms with E-state index in [2.05, 4.69) is 15.2 Å². The van der Waals surface area contributed by atoms with Crippen molar-refractivity contribution < 1.29 is 4.79 Å². The van der Waals surface area contributed by atoms with Gasteiger partial charge in [-0.3, -0.25) is 9.69 Å². The van der Waals surface area contributed by atoms with E-state index in [-0.39, 0.29) is 5.91 Å². The minimum absolute atomic E-state index is 0.0950. The zero-order valence-corrected chi connectivity index (χ0v) is 12.2.